The molecule has 1 heterocycles. The maximum atomic E-state index is 12.4. The van der Waals surface area contributed by atoms with Gasteiger partial charge in [0.2, 0.25) is 0 Å². The van der Waals surface area contributed by atoms with Crippen LogP contribution < -0.4 is 5.32 Å². The number of carbonyl (C=O) groups is 2. The molecule has 3 rings (SSSR count). The molecule has 1 aliphatic heterocycles. The Morgan fingerprint density at radius 2 is 1.78 bits per heavy atom. The number of nitrogens with zero attached hydrogens (tertiary/aromatic N) is 1. The fraction of sp³-hybridized carbons (Fsp3) is 0.300. The molecule has 27 heavy (non-hydrogen) atoms. The summed E-state index contributed by atoms with van der Waals surface area (Å²) in [5.74, 6) is -0.471. The standard InChI is InChI=1S/C20H22N2O4S/c23-19(24)17-9-10-22(12-17)20(25)21-18-8-4-7-16(11-18)14-27(26)13-15-5-2-1-3-6-15/h1-8,11,17H,9-10,12-14H2,(H,21,25)(H,23,24). The Labute approximate surface area is 160 Å². The number of anilines is 1. The monoisotopic (exact) mass is 386 g/mol. The van der Waals surface area contributed by atoms with E-state index in [1.807, 2.05) is 48.5 Å². The molecule has 2 unspecified atom stereocenters. The molecule has 0 spiro atoms. The van der Waals surface area contributed by atoms with Crippen molar-refractivity contribution in [3.63, 3.8) is 0 Å². The number of urea groups is 1. The van der Waals surface area contributed by atoms with Gasteiger partial charge in [-0.05, 0) is 29.7 Å². The van der Waals surface area contributed by atoms with Crippen LogP contribution in [0.15, 0.2) is 54.6 Å². The Hall–Kier alpha value is -2.67. The van der Waals surface area contributed by atoms with E-state index < -0.39 is 22.7 Å². The van der Waals surface area contributed by atoms with Gasteiger partial charge in [-0.2, -0.15) is 0 Å². The SMILES string of the molecule is O=C(O)C1CCN(C(=O)Nc2cccc(CS(=O)Cc3ccccc3)c2)C1. The van der Waals surface area contributed by atoms with Crippen LogP contribution in [0.4, 0.5) is 10.5 Å². The van der Waals surface area contributed by atoms with E-state index in [9.17, 15) is 13.8 Å². The van der Waals surface area contributed by atoms with Crippen LogP contribution in [0.5, 0.6) is 0 Å². The van der Waals surface area contributed by atoms with Crippen molar-refractivity contribution in [3.05, 3.63) is 65.7 Å². The lowest BCUT2D eigenvalue weighted by molar-refractivity contribution is -0.141. The Bertz CT molecular complexity index is 841. The van der Waals surface area contributed by atoms with E-state index in [0.717, 1.165) is 11.1 Å². The summed E-state index contributed by atoms with van der Waals surface area (Å²) in [5, 5.41) is 11.8. The second kappa shape index (κ2) is 8.81. The number of carboxylic acid groups (broad SMARTS) is 1. The van der Waals surface area contributed by atoms with Crippen molar-refractivity contribution in [2.24, 2.45) is 5.92 Å². The molecule has 2 atom stereocenters. The second-order valence-corrected chi connectivity index (χ2v) is 8.07. The maximum Gasteiger partial charge on any atom is 0.321 e. The normalized spacial score (nSPS) is 17.5. The van der Waals surface area contributed by atoms with Gasteiger partial charge in [-0.15, -0.1) is 0 Å². The van der Waals surface area contributed by atoms with Crippen LogP contribution in [0.25, 0.3) is 0 Å². The van der Waals surface area contributed by atoms with E-state index in [2.05, 4.69) is 5.32 Å². The summed E-state index contributed by atoms with van der Waals surface area (Å²) in [5.41, 5.74) is 2.53. The zero-order chi connectivity index (χ0) is 19.2. The third kappa shape index (κ3) is 5.40. The Morgan fingerprint density at radius 3 is 2.48 bits per heavy atom. The first kappa shape index (κ1) is 19.1. The molecule has 2 N–H and O–H groups in total. The summed E-state index contributed by atoms with van der Waals surface area (Å²) in [6, 6.07) is 16.7. The van der Waals surface area contributed by atoms with Crippen LogP contribution in [0.2, 0.25) is 0 Å². The highest BCUT2D eigenvalue weighted by molar-refractivity contribution is 7.83. The van der Waals surface area contributed by atoms with Crippen molar-refractivity contribution in [2.45, 2.75) is 17.9 Å². The summed E-state index contributed by atoms with van der Waals surface area (Å²) in [7, 11) is -1.04. The topological polar surface area (TPSA) is 86.7 Å². The average Bonchev–Trinajstić information content (AvgIpc) is 3.13. The van der Waals surface area contributed by atoms with Crippen molar-refractivity contribution in [1.29, 1.82) is 0 Å². The molecule has 142 valence electrons. The fourth-order valence-corrected chi connectivity index (χ4v) is 4.30. The summed E-state index contributed by atoms with van der Waals surface area (Å²) in [4.78, 5) is 24.9. The average molecular weight is 386 g/mol. The van der Waals surface area contributed by atoms with Gasteiger partial charge < -0.3 is 15.3 Å². The van der Waals surface area contributed by atoms with Crippen LogP contribution in [-0.2, 0) is 27.1 Å². The van der Waals surface area contributed by atoms with Crippen molar-refractivity contribution in [1.82, 2.24) is 4.90 Å². The van der Waals surface area contributed by atoms with Crippen molar-refractivity contribution >= 4 is 28.5 Å². The van der Waals surface area contributed by atoms with Crippen LogP contribution >= 0.6 is 0 Å². The number of aliphatic carboxylic acids is 1. The zero-order valence-electron chi connectivity index (χ0n) is 14.8. The summed E-state index contributed by atoms with van der Waals surface area (Å²) < 4.78 is 12.4. The Morgan fingerprint density at radius 1 is 1.07 bits per heavy atom. The van der Waals surface area contributed by atoms with E-state index in [-0.39, 0.29) is 12.6 Å². The molecule has 0 aromatic heterocycles. The highest BCUT2D eigenvalue weighted by Gasteiger charge is 2.30. The highest BCUT2D eigenvalue weighted by atomic mass is 32.2. The molecule has 1 aliphatic rings. The minimum Gasteiger partial charge on any atom is -0.481 e. The minimum atomic E-state index is -1.04. The summed E-state index contributed by atoms with van der Waals surface area (Å²) in [6.07, 6.45) is 0.473. The molecular formula is C20H22N2O4S. The molecule has 2 amide bonds. The third-order valence-electron chi connectivity index (χ3n) is 4.50. The van der Waals surface area contributed by atoms with Gasteiger partial charge in [0.05, 0.1) is 5.92 Å². The quantitative estimate of drug-likeness (QED) is 0.799. The first-order valence-corrected chi connectivity index (χ1v) is 10.3. The van der Waals surface area contributed by atoms with E-state index in [4.69, 9.17) is 5.11 Å². The van der Waals surface area contributed by atoms with Gasteiger partial charge in [0.25, 0.3) is 0 Å². The smallest absolute Gasteiger partial charge is 0.321 e. The number of carbonyl (C=O) groups excluding carboxylic acids is 1. The van der Waals surface area contributed by atoms with Crippen LogP contribution in [0.3, 0.4) is 0 Å². The van der Waals surface area contributed by atoms with Gasteiger partial charge in [-0.25, -0.2) is 4.79 Å². The third-order valence-corrected chi connectivity index (χ3v) is 5.81. The molecule has 7 heteroatoms. The van der Waals surface area contributed by atoms with Gasteiger partial charge in [-0.3, -0.25) is 9.00 Å². The van der Waals surface area contributed by atoms with Gasteiger partial charge in [0, 0.05) is 41.1 Å². The lowest BCUT2D eigenvalue weighted by Gasteiger charge is -2.17. The molecule has 0 saturated carbocycles. The summed E-state index contributed by atoms with van der Waals surface area (Å²) in [6.45, 7) is 0.658. The Kier molecular flexibility index (Phi) is 6.24. The van der Waals surface area contributed by atoms with Gasteiger partial charge in [0.15, 0.2) is 0 Å². The number of carboxylic acids is 1. The second-order valence-electron chi connectivity index (χ2n) is 6.61. The summed E-state index contributed by atoms with van der Waals surface area (Å²) >= 11 is 0. The number of hydrogen-bond donors (Lipinski definition) is 2. The van der Waals surface area contributed by atoms with Gasteiger partial charge >= 0.3 is 12.0 Å². The number of benzene rings is 2. The lowest BCUT2D eigenvalue weighted by Crippen LogP contribution is -2.33. The van der Waals surface area contributed by atoms with E-state index in [1.54, 1.807) is 6.07 Å². The van der Waals surface area contributed by atoms with Crippen LogP contribution in [0.1, 0.15) is 17.5 Å². The van der Waals surface area contributed by atoms with Crippen molar-refractivity contribution in [3.8, 4) is 0 Å². The first-order chi connectivity index (χ1) is 13.0. The van der Waals surface area contributed by atoms with E-state index in [0.29, 0.717) is 30.2 Å². The molecule has 1 saturated heterocycles. The fourth-order valence-electron chi connectivity index (χ4n) is 3.08. The molecular weight excluding hydrogens is 364 g/mol. The predicted molar refractivity (Wildman–Crippen MR) is 105 cm³/mol. The van der Waals surface area contributed by atoms with E-state index in [1.165, 1.54) is 4.90 Å². The molecule has 0 aliphatic carbocycles. The van der Waals surface area contributed by atoms with Gasteiger partial charge in [0.1, 0.15) is 0 Å². The van der Waals surface area contributed by atoms with Crippen LogP contribution in [-0.4, -0.2) is 39.3 Å². The predicted octanol–water partition coefficient (Wildman–Crippen LogP) is 3.07. The Balaban J connectivity index is 1.56. The molecule has 6 nitrogen and oxygen atoms in total. The van der Waals surface area contributed by atoms with Crippen molar-refractivity contribution < 1.29 is 18.9 Å². The lowest BCUT2D eigenvalue weighted by atomic mass is 10.1. The number of hydrogen-bond acceptors (Lipinski definition) is 3. The van der Waals surface area contributed by atoms with Crippen molar-refractivity contribution in [2.75, 3.05) is 18.4 Å². The van der Waals surface area contributed by atoms with E-state index >= 15 is 0 Å². The zero-order valence-corrected chi connectivity index (χ0v) is 15.7. The number of nitrogens with one attached hydrogen (secondary N) is 1. The largest absolute Gasteiger partial charge is 0.481 e. The molecule has 2 aromatic rings. The molecule has 2 aromatic carbocycles. The number of amides is 2. The number of rotatable bonds is 6. The molecule has 0 bridgehead atoms. The first-order valence-electron chi connectivity index (χ1n) is 8.78. The highest BCUT2D eigenvalue weighted by Crippen LogP contribution is 2.19. The molecule has 0 radical (unpaired) electrons. The van der Waals surface area contributed by atoms with Gasteiger partial charge in [-0.1, -0.05) is 42.5 Å². The minimum absolute atomic E-state index is 0.224. The maximum absolute atomic E-state index is 12.4. The molecule has 1 fully saturated rings. The number of likely N-dealkylation sites (tertiary alicyclic amines) is 1. The van der Waals surface area contributed by atoms with Crippen LogP contribution in [0, 0.1) is 5.92 Å².